The maximum atomic E-state index is 10.1. The van der Waals surface area contributed by atoms with Crippen molar-refractivity contribution in [3.8, 4) is 0 Å². The quantitative estimate of drug-likeness (QED) is 0.688. The van der Waals surface area contributed by atoms with Gasteiger partial charge in [0.2, 0.25) is 0 Å². The van der Waals surface area contributed by atoms with E-state index < -0.39 is 6.09 Å². The van der Waals surface area contributed by atoms with Crippen molar-refractivity contribution in [2.45, 2.75) is 0 Å². The summed E-state index contributed by atoms with van der Waals surface area (Å²) >= 11 is 7.30. The van der Waals surface area contributed by atoms with E-state index in [2.05, 4.69) is 10.6 Å². The van der Waals surface area contributed by atoms with E-state index in [0.717, 1.165) is 9.21 Å². The van der Waals surface area contributed by atoms with Crippen LogP contribution in [-0.2, 0) is 0 Å². The minimum Gasteiger partial charge on any atom is -0.465 e. The maximum absolute atomic E-state index is 10.1. The normalized spacial score (nSPS) is 10.8. The molecule has 3 N–H and O–H groups in total. The van der Waals surface area contributed by atoms with E-state index in [9.17, 15) is 4.79 Å². The second-order valence-electron chi connectivity index (χ2n) is 2.98. The van der Waals surface area contributed by atoms with Gasteiger partial charge in [-0.2, -0.15) is 0 Å². The lowest BCUT2D eigenvalue weighted by atomic mass is 10.4. The van der Waals surface area contributed by atoms with Crippen molar-refractivity contribution in [1.29, 1.82) is 0 Å². The fraction of sp³-hybridized carbons (Fsp3) is 0.300. The monoisotopic (exact) mass is 260 g/mol. The van der Waals surface area contributed by atoms with Crippen LogP contribution in [0.15, 0.2) is 18.2 Å². The van der Waals surface area contributed by atoms with Crippen molar-refractivity contribution in [2.75, 3.05) is 19.6 Å². The van der Waals surface area contributed by atoms with E-state index in [0.29, 0.717) is 19.6 Å². The minimum atomic E-state index is -0.995. The molecule has 1 amide bonds. The van der Waals surface area contributed by atoms with Gasteiger partial charge in [0.1, 0.15) is 0 Å². The second-order valence-corrected chi connectivity index (χ2v) is 4.73. The molecule has 6 heteroatoms. The van der Waals surface area contributed by atoms with Crippen LogP contribution in [0.1, 0.15) is 4.88 Å². The zero-order chi connectivity index (χ0) is 11.8. The molecule has 0 unspecified atom stereocenters. The predicted molar refractivity (Wildman–Crippen MR) is 67.3 cm³/mol. The largest absolute Gasteiger partial charge is 0.465 e. The van der Waals surface area contributed by atoms with E-state index in [4.69, 9.17) is 16.7 Å². The summed E-state index contributed by atoms with van der Waals surface area (Å²) in [7, 11) is 0. The Morgan fingerprint density at radius 1 is 1.50 bits per heavy atom. The van der Waals surface area contributed by atoms with Crippen LogP contribution in [0, 0.1) is 0 Å². The van der Waals surface area contributed by atoms with Crippen LogP contribution in [0.2, 0.25) is 4.34 Å². The second kappa shape index (κ2) is 7.27. The number of thiophene rings is 1. The van der Waals surface area contributed by atoms with Gasteiger partial charge in [0.05, 0.1) is 4.34 Å². The number of hydrogen-bond donors (Lipinski definition) is 3. The first kappa shape index (κ1) is 13.0. The third-order valence-corrected chi connectivity index (χ3v) is 2.91. The van der Waals surface area contributed by atoms with Gasteiger partial charge in [-0.15, -0.1) is 11.3 Å². The lowest BCUT2D eigenvalue weighted by Crippen LogP contribution is -2.30. The number of hydrogen-bond acceptors (Lipinski definition) is 3. The lowest BCUT2D eigenvalue weighted by Gasteiger charge is -2.00. The van der Waals surface area contributed by atoms with Gasteiger partial charge in [-0.1, -0.05) is 17.7 Å². The van der Waals surface area contributed by atoms with Gasteiger partial charge in [0.25, 0.3) is 0 Å². The smallest absolute Gasteiger partial charge is 0.404 e. The highest BCUT2D eigenvalue weighted by Gasteiger charge is 1.93. The van der Waals surface area contributed by atoms with E-state index in [1.807, 2.05) is 24.3 Å². The summed E-state index contributed by atoms with van der Waals surface area (Å²) in [6.45, 7) is 1.73. The van der Waals surface area contributed by atoms with Crippen molar-refractivity contribution in [2.24, 2.45) is 0 Å². The predicted octanol–water partition coefficient (Wildman–Crippen LogP) is 2.27. The molecular weight excluding hydrogens is 248 g/mol. The fourth-order valence-electron chi connectivity index (χ4n) is 1.04. The van der Waals surface area contributed by atoms with Crippen molar-refractivity contribution in [3.63, 3.8) is 0 Å². The van der Waals surface area contributed by atoms with E-state index in [1.54, 1.807) is 0 Å². The molecule has 0 radical (unpaired) electrons. The molecule has 1 heterocycles. The van der Waals surface area contributed by atoms with Crippen LogP contribution in [0.4, 0.5) is 4.79 Å². The van der Waals surface area contributed by atoms with Crippen LogP contribution in [-0.4, -0.2) is 30.8 Å². The summed E-state index contributed by atoms with van der Waals surface area (Å²) in [6, 6.07) is 3.81. The molecule has 0 aromatic carbocycles. The number of nitrogens with one attached hydrogen (secondary N) is 2. The molecule has 0 saturated carbocycles. The molecule has 4 nitrogen and oxygen atoms in total. The molecule has 1 aromatic heterocycles. The van der Waals surface area contributed by atoms with Gasteiger partial charge < -0.3 is 15.7 Å². The van der Waals surface area contributed by atoms with Crippen molar-refractivity contribution < 1.29 is 9.90 Å². The average molecular weight is 261 g/mol. The summed E-state index contributed by atoms with van der Waals surface area (Å²) < 4.78 is 0.776. The summed E-state index contributed by atoms with van der Waals surface area (Å²) in [5.41, 5.74) is 0. The summed E-state index contributed by atoms with van der Waals surface area (Å²) in [6.07, 6.45) is 2.96. The van der Waals surface area contributed by atoms with E-state index in [1.165, 1.54) is 11.3 Å². The SMILES string of the molecule is O=C(O)NCCNCC=Cc1ccc(Cl)s1. The Morgan fingerprint density at radius 3 is 2.94 bits per heavy atom. The van der Waals surface area contributed by atoms with Crippen molar-refractivity contribution in [3.05, 3.63) is 27.4 Å². The summed E-state index contributed by atoms with van der Waals surface area (Å²) in [4.78, 5) is 11.2. The Balaban J connectivity index is 2.07. The highest BCUT2D eigenvalue weighted by atomic mass is 35.5. The van der Waals surface area contributed by atoms with E-state index >= 15 is 0 Å². The summed E-state index contributed by atoms with van der Waals surface area (Å²) in [5.74, 6) is 0. The van der Waals surface area contributed by atoms with Crippen LogP contribution in [0.3, 0.4) is 0 Å². The van der Waals surface area contributed by atoms with Gasteiger partial charge in [0.15, 0.2) is 0 Å². The van der Waals surface area contributed by atoms with Gasteiger partial charge in [0, 0.05) is 24.5 Å². The van der Waals surface area contributed by atoms with Crippen molar-refractivity contribution >= 4 is 35.1 Å². The number of halogens is 1. The molecule has 16 heavy (non-hydrogen) atoms. The molecule has 88 valence electrons. The maximum Gasteiger partial charge on any atom is 0.404 e. The molecule has 0 saturated heterocycles. The molecule has 0 aliphatic heterocycles. The number of carbonyl (C=O) groups is 1. The first-order valence-electron chi connectivity index (χ1n) is 4.78. The zero-order valence-corrected chi connectivity index (χ0v) is 10.1. The highest BCUT2D eigenvalue weighted by molar-refractivity contribution is 7.16. The Bertz CT molecular complexity index is 365. The molecular formula is C10H13ClN2O2S. The Labute approximate surface area is 103 Å². The molecule has 0 fully saturated rings. The molecule has 0 spiro atoms. The third-order valence-electron chi connectivity index (χ3n) is 1.72. The van der Waals surface area contributed by atoms with Crippen molar-refractivity contribution in [1.82, 2.24) is 10.6 Å². The van der Waals surface area contributed by atoms with Crippen LogP contribution in [0.5, 0.6) is 0 Å². The highest BCUT2D eigenvalue weighted by Crippen LogP contribution is 2.22. The standard InChI is InChI=1S/C10H13ClN2O2S/c11-9-4-3-8(16-9)2-1-5-12-6-7-13-10(14)15/h1-4,12-13H,5-7H2,(H,14,15). The Kier molecular flexibility index (Phi) is 5.92. The van der Waals surface area contributed by atoms with Gasteiger partial charge in [-0.3, -0.25) is 0 Å². The molecule has 0 aliphatic carbocycles. The Morgan fingerprint density at radius 2 is 2.31 bits per heavy atom. The van der Waals surface area contributed by atoms with Crippen LogP contribution >= 0.6 is 22.9 Å². The zero-order valence-electron chi connectivity index (χ0n) is 8.57. The van der Waals surface area contributed by atoms with Gasteiger partial charge in [-0.25, -0.2) is 4.79 Å². The van der Waals surface area contributed by atoms with Crippen LogP contribution < -0.4 is 10.6 Å². The van der Waals surface area contributed by atoms with Crippen LogP contribution in [0.25, 0.3) is 6.08 Å². The summed E-state index contributed by atoms with van der Waals surface area (Å²) in [5, 5.41) is 13.7. The average Bonchev–Trinajstić information content (AvgIpc) is 2.62. The fourth-order valence-corrected chi connectivity index (χ4v) is 2.03. The topological polar surface area (TPSA) is 61.4 Å². The van der Waals surface area contributed by atoms with Gasteiger partial charge in [-0.05, 0) is 18.2 Å². The minimum absolute atomic E-state index is 0.411. The number of amides is 1. The first-order chi connectivity index (χ1) is 7.68. The molecule has 0 atom stereocenters. The first-order valence-corrected chi connectivity index (χ1v) is 5.97. The van der Waals surface area contributed by atoms with E-state index in [-0.39, 0.29) is 0 Å². The number of rotatable bonds is 6. The Hall–Kier alpha value is -1.04. The number of carboxylic acid groups (broad SMARTS) is 1. The lowest BCUT2D eigenvalue weighted by molar-refractivity contribution is 0.194. The molecule has 0 bridgehead atoms. The molecule has 1 aromatic rings. The molecule has 0 aliphatic rings. The third kappa shape index (κ3) is 5.75. The molecule has 1 rings (SSSR count). The van der Waals surface area contributed by atoms with Gasteiger partial charge >= 0.3 is 6.09 Å².